The molecule has 0 bridgehead atoms. The fraction of sp³-hybridized carbons (Fsp3) is 0.148. The highest BCUT2D eigenvalue weighted by molar-refractivity contribution is 6.16. The van der Waals surface area contributed by atoms with Crippen molar-refractivity contribution in [1.29, 1.82) is 0 Å². The summed E-state index contributed by atoms with van der Waals surface area (Å²) < 4.78 is 25.9. The van der Waals surface area contributed by atoms with Crippen LogP contribution < -0.4 is 27.9 Å². The summed E-state index contributed by atoms with van der Waals surface area (Å²) in [6, 6.07) is 75.2. The molecule has 0 atom stereocenters. The minimum absolute atomic E-state index is 0.0297. The van der Waals surface area contributed by atoms with Gasteiger partial charge in [-0.05, 0) is 147 Å². The molecule has 87 heavy (non-hydrogen) atoms. The summed E-state index contributed by atoms with van der Waals surface area (Å²) in [5, 5.41) is 22.1. The minimum Gasteiger partial charge on any atom is -0.435 e. The second-order valence-electron chi connectivity index (χ2n) is 26.5. The van der Waals surface area contributed by atoms with Crippen LogP contribution in [0.25, 0.3) is 131 Å². The van der Waals surface area contributed by atoms with Gasteiger partial charge < -0.3 is 14.2 Å². The zero-order valence-electron chi connectivity index (χ0n) is 49.5. The smallest absolute Gasteiger partial charge is 0.293 e. The molecule has 0 saturated heterocycles. The first-order valence-electron chi connectivity index (χ1n) is 30.7. The number of benzene rings is 12. The third-order valence-corrected chi connectivity index (χ3v) is 20.8. The Kier molecular flexibility index (Phi) is 9.63. The van der Waals surface area contributed by atoms with E-state index in [0.29, 0.717) is 20.2 Å². The maximum Gasteiger partial charge on any atom is 0.293 e. The standard InChI is InChI=1S/C31H22NO.C27H20NO.C23H18NO/c1-31(2)28-24-14-20-9-4-3-8-19(20)13-22(24)15-25-27(28)30-29(31)26-21(16-32(30)17-33-25)12-11-18-7-5-6-10-23(18)26;1-27(2)21-13-17-8-4-6-10-22(17)28-15-29-23-14-20-18-9-5-3-7-16(18)11-12-19(20)25(27)24(23)26(21)28;1-23(2)18-8-5-11-24-13-25-19-12-17-15-7-4-3-6-14(15)9-10-16(17)21(23)20(19)22(18)24/h3-16H,17H2,1-2H3;3-14H,15H2,1-2H3;3-12H,13H2,1-2H3/q3*+1. The Hall–Kier alpha value is -10.2. The van der Waals surface area contributed by atoms with Gasteiger partial charge in [-0.25, -0.2) is 0 Å². The minimum atomic E-state index is -0.152. The van der Waals surface area contributed by atoms with E-state index in [4.69, 9.17) is 14.2 Å². The molecule has 6 nitrogen and oxygen atoms in total. The van der Waals surface area contributed by atoms with Gasteiger partial charge in [0.1, 0.15) is 17.2 Å². The van der Waals surface area contributed by atoms with Gasteiger partial charge in [-0.3, -0.25) is 0 Å². The highest BCUT2D eigenvalue weighted by Crippen LogP contribution is 2.60. The molecule has 6 aliphatic rings. The van der Waals surface area contributed by atoms with Crippen LogP contribution in [0.4, 0.5) is 0 Å². The summed E-state index contributed by atoms with van der Waals surface area (Å²) in [5.74, 6) is 3.06. The summed E-state index contributed by atoms with van der Waals surface area (Å²) in [5.41, 5.74) is 17.2. The quantitative estimate of drug-likeness (QED) is 0.0863. The molecule has 3 aromatic heterocycles. The van der Waals surface area contributed by atoms with Crippen LogP contribution in [0, 0.1) is 0 Å². The number of fused-ring (bicyclic) bond motifs is 17. The van der Waals surface area contributed by atoms with Gasteiger partial charge in [0.25, 0.3) is 20.2 Å². The van der Waals surface area contributed by atoms with Crippen molar-refractivity contribution in [1.82, 2.24) is 0 Å². The molecule has 0 radical (unpaired) electrons. The van der Waals surface area contributed by atoms with Crippen molar-refractivity contribution in [3.8, 4) is 51.0 Å². The lowest BCUT2D eigenvalue weighted by molar-refractivity contribution is -0.717. The van der Waals surface area contributed by atoms with Crippen LogP contribution in [-0.4, -0.2) is 0 Å². The number of ether oxygens (including phenoxy) is 3. The van der Waals surface area contributed by atoms with Crippen LogP contribution in [0.5, 0.6) is 17.2 Å². The Morgan fingerprint density at radius 1 is 0.310 bits per heavy atom. The fourth-order valence-corrected chi connectivity index (χ4v) is 16.9. The Morgan fingerprint density at radius 3 is 1.51 bits per heavy atom. The van der Waals surface area contributed by atoms with Gasteiger partial charge in [0.05, 0.1) is 16.7 Å². The third-order valence-electron chi connectivity index (χ3n) is 20.8. The predicted octanol–water partition coefficient (Wildman–Crippen LogP) is 18.3. The van der Waals surface area contributed by atoms with E-state index >= 15 is 0 Å². The van der Waals surface area contributed by atoms with E-state index < -0.39 is 0 Å². The maximum atomic E-state index is 6.39. The molecule has 0 spiro atoms. The first-order valence-corrected chi connectivity index (χ1v) is 30.7. The molecule has 3 aliphatic carbocycles. The second-order valence-corrected chi connectivity index (χ2v) is 26.5. The van der Waals surface area contributed by atoms with Crippen LogP contribution in [0.15, 0.2) is 219 Å². The molecule has 0 unspecified atom stereocenters. The van der Waals surface area contributed by atoms with Crippen LogP contribution in [-0.2, 0) is 36.4 Å². The number of hydrogen-bond donors (Lipinski definition) is 0. The molecule has 3 aliphatic heterocycles. The molecule has 0 amide bonds. The van der Waals surface area contributed by atoms with Crippen molar-refractivity contribution in [2.24, 2.45) is 0 Å². The Morgan fingerprint density at radius 2 is 0.816 bits per heavy atom. The molecule has 0 saturated carbocycles. The molecule has 21 rings (SSSR count). The van der Waals surface area contributed by atoms with Crippen molar-refractivity contribution in [2.45, 2.75) is 78.0 Å². The molecule has 0 fully saturated rings. The van der Waals surface area contributed by atoms with Crippen molar-refractivity contribution >= 4 is 97.1 Å². The summed E-state index contributed by atoms with van der Waals surface area (Å²) >= 11 is 0. The van der Waals surface area contributed by atoms with Gasteiger partial charge in [-0.15, -0.1) is 0 Å². The number of pyridine rings is 3. The van der Waals surface area contributed by atoms with Gasteiger partial charge in [0.15, 0.2) is 12.4 Å². The molecule has 6 heterocycles. The Labute approximate surface area is 503 Å². The lowest BCUT2D eigenvalue weighted by atomic mass is 9.78. The molecule has 12 aromatic carbocycles. The second kappa shape index (κ2) is 17.0. The van der Waals surface area contributed by atoms with Crippen LogP contribution in [0.3, 0.4) is 0 Å². The van der Waals surface area contributed by atoms with Crippen molar-refractivity contribution in [2.75, 3.05) is 0 Å². The van der Waals surface area contributed by atoms with Crippen LogP contribution in [0.2, 0.25) is 0 Å². The Balaban J connectivity index is 0.0000000960. The monoisotopic (exact) mass is 1120 g/mol. The third kappa shape index (κ3) is 6.47. The molecular formula is C81H60N3O3+3. The van der Waals surface area contributed by atoms with E-state index in [1.165, 1.54) is 164 Å². The summed E-state index contributed by atoms with van der Waals surface area (Å²) in [7, 11) is 0. The highest BCUT2D eigenvalue weighted by atomic mass is 16.5. The zero-order chi connectivity index (χ0) is 58.0. The average Bonchev–Trinajstić information content (AvgIpc) is 1.58. The lowest BCUT2D eigenvalue weighted by Crippen LogP contribution is -2.42. The number of hydrogen-bond acceptors (Lipinski definition) is 3. The SMILES string of the molecule is CC1(C)c2c3c(cc4cc5ccccc5cc24)OC[n+]2cc4ccc5ccccc5c4c1c2-3.CC1(C)c2cc3ccccc3[n+]3c2-c2c(cc4c(ccc5ccccc54)c21)OC3.CC1(C)c2ccc[n+]3c2-c2c(cc4c(ccc5ccccc54)c21)OC3. The Bertz CT molecular complexity index is 5700. The number of rotatable bonds is 0. The summed E-state index contributed by atoms with van der Waals surface area (Å²) in [6.45, 7) is 15.9. The van der Waals surface area contributed by atoms with Gasteiger partial charge in [0, 0.05) is 61.2 Å². The van der Waals surface area contributed by atoms with E-state index in [9.17, 15) is 0 Å². The van der Waals surface area contributed by atoms with Crippen molar-refractivity contribution in [3.63, 3.8) is 0 Å². The highest BCUT2D eigenvalue weighted by Gasteiger charge is 2.51. The van der Waals surface area contributed by atoms with Crippen LogP contribution in [0.1, 0.15) is 74.9 Å². The maximum absolute atomic E-state index is 6.39. The van der Waals surface area contributed by atoms with E-state index in [2.05, 4.69) is 274 Å². The first kappa shape index (κ1) is 49.1. The fourth-order valence-electron chi connectivity index (χ4n) is 16.9. The number of para-hydroxylation sites is 1. The largest absolute Gasteiger partial charge is 0.435 e. The zero-order valence-corrected chi connectivity index (χ0v) is 49.5. The molecule has 6 heteroatoms. The molecule has 414 valence electrons. The lowest BCUT2D eigenvalue weighted by Gasteiger charge is -2.24. The van der Waals surface area contributed by atoms with E-state index in [1.807, 2.05) is 0 Å². The van der Waals surface area contributed by atoms with Gasteiger partial charge in [-0.1, -0.05) is 181 Å². The molecule has 0 N–H and O–H groups in total. The average molecular weight is 1120 g/mol. The topological polar surface area (TPSA) is 39.3 Å². The van der Waals surface area contributed by atoms with Crippen LogP contribution >= 0.6 is 0 Å². The summed E-state index contributed by atoms with van der Waals surface area (Å²) in [4.78, 5) is 0. The van der Waals surface area contributed by atoms with Crippen molar-refractivity contribution < 1.29 is 27.9 Å². The van der Waals surface area contributed by atoms with Gasteiger partial charge in [0.2, 0.25) is 22.6 Å². The van der Waals surface area contributed by atoms with E-state index in [1.54, 1.807) is 0 Å². The molecule has 15 aromatic rings. The normalized spacial score (nSPS) is 15.7. The number of aromatic nitrogens is 3. The summed E-state index contributed by atoms with van der Waals surface area (Å²) in [6.07, 6.45) is 4.40. The number of nitrogens with zero attached hydrogens (tertiary/aromatic N) is 3. The van der Waals surface area contributed by atoms with E-state index in [0.717, 1.165) is 17.2 Å². The predicted molar refractivity (Wildman–Crippen MR) is 352 cm³/mol. The van der Waals surface area contributed by atoms with Crippen molar-refractivity contribution in [3.05, 3.63) is 252 Å². The van der Waals surface area contributed by atoms with Gasteiger partial charge in [-0.2, -0.15) is 13.7 Å². The van der Waals surface area contributed by atoms with Gasteiger partial charge >= 0.3 is 0 Å². The molecular weight excluding hydrogens is 1060 g/mol. The van der Waals surface area contributed by atoms with E-state index in [-0.39, 0.29) is 16.2 Å². The first-order chi connectivity index (χ1) is 42.4.